The Morgan fingerprint density at radius 2 is 1.93 bits per heavy atom. The molecule has 8 nitrogen and oxygen atoms in total. The first kappa shape index (κ1) is 19.8. The number of carbonyl (C=O) groups is 3. The first-order chi connectivity index (χ1) is 13.4. The van der Waals surface area contributed by atoms with Crippen molar-refractivity contribution in [2.24, 2.45) is 0 Å². The summed E-state index contributed by atoms with van der Waals surface area (Å²) in [6.45, 7) is 2.99. The molecule has 3 aromatic rings. The molecule has 2 aromatic heterocycles. The third-order valence-corrected chi connectivity index (χ3v) is 5.01. The van der Waals surface area contributed by atoms with Crippen LogP contribution in [0.5, 0.6) is 0 Å². The van der Waals surface area contributed by atoms with Crippen LogP contribution in [0.2, 0.25) is 5.02 Å². The molecule has 0 unspecified atom stereocenters. The quantitative estimate of drug-likeness (QED) is 0.633. The predicted octanol–water partition coefficient (Wildman–Crippen LogP) is 3.48. The number of aryl methyl sites for hydroxylation is 1. The highest BCUT2D eigenvalue weighted by Gasteiger charge is 2.19. The molecular formula is C18H16ClN3O5S. The van der Waals surface area contributed by atoms with Gasteiger partial charge >= 0.3 is 12.1 Å². The van der Waals surface area contributed by atoms with Gasteiger partial charge in [0.25, 0.3) is 5.91 Å². The lowest BCUT2D eigenvalue weighted by atomic mass is 10.3. The van der Waals surface area contributed by atoms with Gasteiger partial charge in [-0.05, 0) is 44.2 Å². The van der Waals surface area contributed by atoms with Gasteiger partial charge in [0.2, 0.25) is 0 Å². The van der Waals surface area contributed by atoms with Crippen LogP contribution in [0.15, 0.2) is 30.3 Å². The Hall–Kier alpha value is -2.91. The van der Waals surface area contributed by atoms with Crippen LogP contribution in [0.25, 0.3) is 15.9 Å². The number of imide groups is 1. The highest BCUT2D eigenvalue weighted by Crippen LogP contribution is 2.31. The molecular weight excluding hydrogens is 406 g/mol. The Morgan fingerprint density at radius 3 is 2.61 bits per heavy atom. The van der Waals surface area contributed by atoms with Gasteiger partial charge in [-0.25, -0.2) is 14.3 Å². The third-order valence-electron chi connectivity index (χ3n) is 3.67. The number of amides is 2. The maximum atomic E-state index is 12.3. The van der Waals surface area contributed by atoms with Crippen LogP contribution in [-0.4, -0.2) is 41.0 Å². The second-order valence-corrected chi connectivity index (χ2v) is 7.11. The standard InChI is InChI=1S/C18H16ClN3O5S/c1-3-26-18(25)20-15(23)9-27-17(24)14-8-13-10(2)21-22(16(13)28-14)12-6-4-11(19)5-7-12/h4-8H,3,9H2,1-2H3,(H,20,23,25). The van der Waals surface area contributed by atoms with E-state index in [0.29, 0.717) is 9.90 Å². The van der Waals surface area contributed by atoms with Crippen molar-refractivity contribution in [3.05, 3.63) is 45.9 Å². The van der Waals surface area contributed by atoms with Crippen LogP contribution >= 0.6 is 22.9 Å². The number of benzene rings is 1. The number of aromatic nitrogens is 2. The summed E-state index contributed by atoms with van der Waals surface area (Å²) in [5.74, 6) is -1.43. The van der Waals surface area contributed by atoms with Gasteiger partial charge in [-0.1, -0.05) is 11.6 Å². The van der Waals surface area contributed by atoms with Gasteiger partial charge in [0.05, 0.1) is 18.0 Å². The minimum absolute atomic E-state index is 0.130. The van der Waals surface area contributed by atoms with Crippen molar-refractivity contribution in [3.8, 4) is 5.69 Å². The van der Waals surface area contributed by atoms with Gasteiger partial charge in [0, 0.05) is 10.4 Å². The summed E-state index contributed by atoms with van der Waals surface area (Å²) in [6, 6.07) is 8.83. The lowest BCUT2D eigenvalue weighted by Crippen LogP contribution is -2.34. The Morgan fingerprint density at radius 1 is 1.21 bits per heavy atom. The van der Waals surface area contributed by atoms with Crippen LogP contribution < -0.4 is 5.32 Å². The summed E-state index contributed by atoms with van der Waals surface area (Å²) >= 11 is 7.12. The van der Waals surface area contributed by atoms with E-state index >= 15 is 0 Å². The van der Waals surface area contributed by atoms with E-state index in [4.69, 9.17) is 16.3 Å². The number of hydrogen-bond donors (Lipinski definition) is 1. The summed E-state index contributed by atoms with van der Waals surface area (Å²) in [7, 11) is 0. The highest BCUT2D eigenvalue weighted by molar-refractivity contribution is 7.20. The molecule has 0 radical (unpaired) electrons. The molecule has 0 spiro atoms. The summed E-state index contributed by atoms with van der Waals surface area (Å²) in [6.07, 6.45) is -0.885. The number of alkyl carbamates (subject to hydrolysis) is 1. The molecule has 2 amide bonds. The molecule has 0 bridgehead atoms. The first-order valence-electron chi connectivity index (χ1n) is 8.28. The number of fused-ring (bicyclic) bond motifs is 1. The average molecular weight is 422 g/mol. The van der Waals surface area contributed by atoms with Gasteiger partial charge in [-0.2, -0.15) is 5.10 Å². The SMILES string of the molecule is CCOC(=O)NC(=O)COC(=O)c1cc2c(C)nn(-c3ccc(Cl)cc3)c2s1. The second kappa shape index (κ2) is 8.41. The third kappa shape index (κ3) is 4.32. The van der Waals surface area contributed by atoms with Gasteiger partial charge < -0.3 is 9.47 Å². The minimum Gasteiger partial charge on any atom is -0.451 e. The van der Waals surface area contributed by atoms with Crippen molar-refractivity contribution in [3.63, 3.8) is 0 Å². The normalized spacial score (nSPS) is 10.7. The van der Waals surface area contributed by atoms with Gasteiger partial charge in [-0.3, -0.25) is 10.1 Å². The highest BCUT2D eigenvalue weighted by atomic mass is 35.5. The predicted molar refractivity (Wildman–Crippen MR) is 104 cm³/mol. The van der Waals surface area contributed by atoms with Crippen LogP contribution in [0.3, 0.4) is 0 Å². The second-order valence-electron chi connectivity index (χ2n) is 5.65. The van der Waals surface area contributed by atoms with Gasteiger partial charge in [0.15, 0.2) is 6.61 Å². The van der Waals surface area contributed by atoms with Crippen molar-refractivity contribution in [2.75, 3.05) is 13.2 Å². The van der Waals surface area contributed by atoms with Crippen LogP contribution in [-0.2, 0) is 14.3 Å². The fraction of sp³-hybridized carbons (Fsp3) is 0.222. The Bertz CT molecular complexity index is 1040. The molecule has 0 aliphatic carbocycles. The Kier molecular flexibility index (Phi) is 5.96. The van der Waals surface area contributed by atoms with Crippen molar-refractivity contribution in [2.45, 2.75) is 13.8 Å². The van der Waals surface area contributed by atoms with Gasteiger partial charge in [0.1, 0.15) is 9.71 Å². The fourth-order valence-corrected chi connectivity index (χ4v) is 3.63. The maximum Gasteiger partial charge on any atom is 0.413 e. The van der Waals surface area contributed by atoms with Crippen LogP contribution in [0.4, 0.5) is 4.79 Å². The van der Waals surface area contributed by atoms with E-state index in [-0.39, 0.29) is 6.61 Å². The molecule has 146 valence electrons. The number of ether oxygens (including phenoxy) is 2. The lowest BCUT2D eigenvalue weighted by Gasteiger charge is -2.05. The molecule has 0 aliphatic heterocycles. The number of rotatable bonds is 5. The molecule has 10 heteroatoms. The van der Waals surface area contributed by atoms with Crippen molar-refractivity contribution in [1.82, 2.24) is 15.1 Å². The summed E-state index contributed by atoms with van der Waals surface area (Å²) < 4.78 is 11.3. The first-order valence-corrected chi connectivity index (χ1v) is 9.47. The largest absolute Gasteiger partial charge is 0.451 e. The number of carbonyl (C=O) groups excluding carboxylic acids is 3. The molecule has 0 saturated carbocycles. The zero-order valence-electron chi connectivity index (χ0n) is 15.0. The Labute approximate surface area is 169 Å². The molecule has 0 fully saturated rings. The molecule has 1 N–H and O–H groups in total. The Balaban J connectivity index is 1.74. The molecule has 0 saturated heterocycles. The molecule has 1 aromatic carbocycles. The van der Waals surface area contributed by atoms with E-state index in [9.17, 15) is 14.4 Å². The van der Waals surface area contributed by atoms with E-state index in [1.54, 1.807) is 29.8 Å². The minimum atomic E-state index is -0.885. The smallest absolute Gasteiger partial charge is 0.413 e. The summed E-state index contributed by atoms with van der Waals surface area (Å²) in [5, 5.41) is 7.87. The lowest BCUT2D eigenvalue weighted by molar-refractivity contribution is -0.123. The van der Waals surface area contributed by atoms with E-state index in [1.807, 2.05) is 24.4 Å². The van der Waals surface area contributed by atoms with Crippen LogP contribution in [0, 0.1) is 6.92 Å². The molecule has 2 heterocycles. The van der Waals surface area contributed by atoms with E-state index in [2.05, 4.69) is 9.84 Å². The number of esters is 1. The molecule has 0 atom stereocenters. The van der Waals surface area contributed by atoms with Crippen LogP contribution in [0.1, 0.15) is 22.3 Å². The monoisotopic (exact) mass is 421 g/mol. The topological polar surface area (TPSA) is 99.5 Å². The zero-order chi connectivity index (χ0) is 20.3. The molecule has 28 heavy (non-hydrogen) atoms. The average Bonchev–Trinajstić information content (AvgIpc) is 3.21. The summed E-state index contributed by atoms with van der Waals surface area (Å²) in [4.78, 5) is 36.1. The number of thiophene rings is 1. The molecule has 0 aliphatic rings. The molecule has 3 rings (SSSR count). The fourth-order valence-electron chi connectivity index (χ4n) is 2.42. The number of hydrogen-bond acceptors (Lipinski definition) is 7. The maximum absolute atomic E-state index is 12.3. The summed E-state index contributed by atoms with van der Waals surface area (Å²) in [5.41, 5.74) is 1.55. The zero-order valence-corrected chi connectivity index (χ0v) is 16.6. The van der Waals surface area contributed by atoms with Gasteiger partial charge in [-0.15, -0.1) is 11.3 Å². The van der Waals surface area contributed by atoms with E-state index < -0.39 is 24.6 Å². The van der Waals surface area contributed by atoms with E-state index in [0.717, 1.165) is 21.6 Å². The van der Waals surface area contributed by atoms with E-state index in [1.165, 1.54) is 11.3 Å². The number of nitrogens with one attached hydrogen (secondary N) is 1. The van der Waals surface area contributed by atoms with Crippen molar-refractivity contribution in [1.29, 1.82) is 0 Å². The van der Waals surface area contributed by atoms with Crippen molar-refractivity contribution >= 4 is 51.1 Å². The number of nitrogens with zero attached hydrogens (tertiary/aromatic N) is 2. The van der Waals surface area contributed by atoms with Crippen molar-refractivity contribution < 1.29 is 23.9 Å². The number of halogens is 1.